The smallest absolute Gasteiger partial charge is 0.307 e. The van der Waals surface area contributed by atoms with Crippen molar-refractivity contribution < 1.29 is 19.1 Å². The Kier molecular flexibility index (Phi) is 5.61. The molecule has 1 aliphatic heterocycles. The van der Waals surface area contributed by atoms with Gasteiger partial charge < -0.3 is 15.0 Å². The molecule has 6 heteroatoms. The van der Waals surface area contributed by atoms with Crippen molar-refractivity contribution in [3.8, 4) is 0 Å². The third-order valence-corrected chi connectivity index (χ3v) is 3.09. The van der Waals surface area contributed by atoms with Crippen LogP contribution in [0.15, 0.2) is 0 Å². The number of amides is 2. The average Bonchev–Trinajstić information content (AvgIpc) is 2.38. The Labute approximate surface area is 107 Å². The van der Waals surface area contributed by atoms with E-state index < -0.39 is 0 Å². The molecule has 0 spiro atoms. The molecule has 1 aliphatic rings. The van der Waals surface area contributed by atoms with Crippen LogP contribution in [0.5, 0.6) is 0 Å². The van der Waals surface area contributed by atoms with E-state index in [4.69, 9.17) is 0 Å². The Morgan fingerprint density at radius 1 is 1.39 bits per heavy atom. The van der Waals surface area contributed by atoms with Crippen LogP contribution < -0.4 is 5.32 Å². The Balaban J connectivity index is 2.32. The zero-order chi connectivity index (χ0) is 13.5. The molecule has 1 unspecified atom stereocenters. The zero-order valence-corrected chi connectivity index (χ0v) is 10.9. The summed E-state index contributed by atoms with van der Waals surface area (Å²) in [6, 6.07) is 0. The zero-order valence-electron chi connectivity index (χ0n) is 10.9. The first-order valence-corrected chi connectivity index (χ1v) is 6.14. The molecular weight excluding hydrogens is 236 g/mol. The number of ether oxygens (including phenoxy) is 1. The van der Waals surface area contributed by atoms with E-state index in [1.165, 1.54) is 14.0 Å². The molecule has 0 aromatic heterocycles. The highest BCUT2D eigenvalue weighted by molar-refractivity contribution is 5.81. The van der Waals surface area contributed by atoms with Crippen LogP contribution >= 0.6 is 0 Å². The first-order chi connectivity index (χ1) is 8.54. The molecule has 1 atom stereocenters. The van der Waals surface area contributed by atoms with Crippen molar-refractivity contribution in [1.29, 1.82) is 0 Å². The number of rotatable bonds is 4. The van der Waals surface area contributed by atoms with Crippen molar-refractivity contribution >= 4 is 17.8 Å². The summed E-state index contributed by atoms with van der Waals surface area (Å²) in [5, 5.41) is 2.70. The first-order valence-electron chi connectivity index (χ1n) is 6.14. The number of carbonyl (C=O) groups excluding carboxylic acids is 3. The van der Waals surface area contributed by atoms with Crippen LogP contribution in [-0.2, 0) is 19.1 Å². The van der Waals surface area contributed by atoms with Crippen LogP contribution in [0.4, 0.5) is 0 Å². The minimum atomic E-state index is -0.343. The summed E-state index contributed by atoms with van der Waals surface area (Å²) < 4.78 is 4.48. The van der Waals surface area contributed by atoms with Gasteiger partial charge in [0.2, 0.25) is 11.8 Å². The van der Waals surface area contributed by atoms with Gasteiger partial charge in [0, 0.05) is 26.6 Å². The summed E-state index contributed by atoms with van der Waals surface area (Å²) in [6.07, 6.45) is 1.80. The van der Waals surface area contributed by atoms with E-state index in [1.54, 1.807) is 4.90 Å². The molecule has 2 amide bonds. The summed E-state index contributed by atoms with van der Waals surface area (Å²) in [5.41, 5.74) is 0. The number of methoxy groups -OCH3 is 1. The molecule has 1 fully saturated rings. The molecule has 0 radical (unpaired) electrons. The summed E-state index contributed by atoms with van der Waals surface area (Å²) in [5.74, 6) is -0.600. The molecule has 1 saturated heterocycles. The van der Waals surface area contributed by atoms with Gasteiger partial charge in [-0.15, -0.1) is 0 Å². The fourth-order valence-electron chi connectivity index (χ4n) is 2.01. The van der Waals surface area contributed by atoms with Crippen LogP contribution in [0.1, 0.15) is 26.2 Å². The molecule has 0 aromatic carbocycles. The number of hydrogen-bond donors (Lipinski definition) is 1. The van der Waals surface area contributed by atoms with Crippen molar-refractivity contribution in [3.63, 3.8) is 0 Å². The van der Waals surface area contributed by atoms with Crippen molar-refractivity contribution in [3.05, 3.63) is 0 Å². The molecule has 0 saturated carbocycles. The Bertz CT molecular complexity index is 330. The fourth-order valence-corrected chi connectivity index (χ4v) is 2.01. The predicted octanol–water partition coefficient (Wildman–Crippen LogP) is -0.0758. The second-order valence-electron chi connectivity index (χ2n) is 4.42. The Morgan fingerprint density at radius 2 is 2.11 bits per heavy atom. The quantitative estimate of drug-likeness (QED) is 0.714. The minimum absolute atomic E-state index is 0.00191. The highest BCUT2D eigenvalue weighted by Gasteiger charge is 2.26. The van der Waals surface area contributed by atoms with Gasteiger partial charge in [-0.2, -0.15) is 0 Å². The largest absolute Gasteiger partial charge is 0.469 e. The number of hydrogen-bond acceptors (Lipinski definition) is 4. The van der Waals surface area contributed by atoms with Crippen LogP contribution in [0.25, 0.3) is 0 Å². The predicted molar refractivity (Wildman–Crippen MR) is 64.6 cm³/mol. The number of nitrogens with zero attached hydrogens (tertiary/aromatic N) is 1. The SMILES string of the molecule is COC(=O)CCNC(=O)C1CCCN(C(C)=O)C1. The van der Waals surface area contributed by atoms with Gasteiger partial charge in [0.25, 0.3) is 0 Å². The van der Waals surface area contributed by atoms with E-state index in [9.17, 15) is 14.4 Å². The van der Waals surface area contributed by atoms with E-state index >= 15 is 0 Å². The van der Waals surface area contributed by atoms with E-state index in [0.717, 1.165) is 19.4 Å². The molecule has 1 N–H and O–H groups in total. The van der Waals surface area contributed by atoms with Crippen LogP contribution in [0.2, 0.25) is 0 Å². The van der Waals surface area contributed by atoms with Crippen LogP contribution in [0.3, 0.4) is 0 Å². The van der Waals surface area contributed by atoms with Gasteiger partial charge in [-0.05, 0) is 12.8 Å². The number of nitrogens with one attached hydrogen (secondary N) is 1. The fraction of sp³-hybridized carbons (Fsp3) is 0.750. The molecule has 1 rings (SSSR count). The molecule has 18 heavy (non-hydrogen) atoms. The van der Waals surface area contributed by atoms with Gasteiger partial charge in [0.15, 0.2) is 0 Å². The number of likely N-dealkylation sites (tertiary alicyclic amines) is 1. The van der Waals surface area contributed by atoms with Gasteiger partial charge in [-0.3, -0.25) is 14.4 Å². The van der Waals surface area contributed by atoms with Gasteiger partial charge >= 0.3 is 5.97 Å². The molecule has 1 heterocycles. The minimum Gasteiger partial charge on any atom is -0.469 e. The van der Waals surface area contributed by atoms with E-state index in [-0.39, 0.29) is 36.7 Å². The maximum Gasteiger partial charge on any atom is 0.307 e. The third kappa shape index (κ3) is 4.35. The standard InChI is InChI=1S/C12H20N2O4/c1-9(15)14-7-3-4-10(8-14)12(17)13-6-5-11(16)18-2/h10H,3-8H2,1-2H3,(H,13,17). The van der Waals surface area contributed by atoms with Crippen molar-refractivity contribution in [2.75, 3.05) is 26.7 Å². The number of carbonyl (C=O) groups is 3. The lowest BCUT2D eigenvalue weighted by atomic mass is 9.97. The summed E-state index contributed by atoms with van der Waals surface area (Å²) in [6.45, 7) is 2.99. The Morgan fingerprint density at radius 3 is 2.72 bits per heavy atom. The van der Waals surface area contributed by atoms with E-state index in [0.29, 0.717) is 6.54 Å². The highest BCUT2D eigenvalue weighted by Crippen LogP contribution is 2.16. The van der Waals surface area contributed by atoms with Gasteiger partial charge in [-0.1, -0.05) is 0 Å². The van der Waals surface area contributed by atoms with E-state index in [2.05, 4.69) is 10.1 Å². The van der Waals surface area contributed by atoms with Gasteiger partial charge in [0.1, 0.15) is 0 Å². The van der Waals surface area contributed by atoms with Gasteiger partial charge in [0.05, 0.1) is 19.4 Å². The maximum atomic E-state index is 11.8. The highest BCUT2D eigenvalue weighted by atomic mass is 16.5. The van der Waals surface area contributed by atoms with E-state index in [1.807, 2.05) is 0 Å². The maximum absolute atomic E-state index is 11.8. The topological polar surface area (TPSA) is 75.7 Å². The second kappa shape index (κ2) is 6.98. The average molecular weight is 256 g/mol. The van der Waals surface area contributed by atoms with Crippen molar-refractivity contribution in [2.45, 2.75) is 26.2 Å². The summed E-state index contributed by atoms with van der Waals surface area (Å²) in [7, 11) is 1.32. The van der Waals surface area contributed by atoms with Crippen LogP contribution in [-0.4, -0.2) is 49.4 Å². The molecular formula is C12H20N2O4. The monoisotopic (exact) mass is 256 g/mol. The first kappa shape index (κ1) is 14.5. The summed E-state index contributed by atoms with van der Waals surface area (Å²) in [4.78, 5) is 35.7. The normalized spacial score (nSPS) is 19.2. The lowest BCUT2D eigenvalue weighted by molar-refractivity contribution is -0.140. The van der Waals surface area contributed by atoms with Crippen molar-refractivity contribution in [1.82, 2.24) is 10.2 Å². The molecule has 102 valence electrons. The summed E-state index contributed by atoms with van der Waals surface area (Å²) >= 11 is 0. The number of esters is 1. The third-order valence-electron chi connectivity index (χ3n) is 3.09. The lowest BCUT2D eigenvalue weighted by Crippen LogP contribution is -2.45. The lowest BCUT2D eigenvalue weighted by Gasteiger charge is -2.31. The van der Waals surface area contributed by atoms with Gasteiger partial charge in [-0.25, -0.2) is 0 Å². The molecule has 0 aromatic rings. The number of piperidine rings is 1. The molecule has 0 bridgehead atoms. The van der Waals surface area contributed by atoms with Crippen molar-refractivity contribution in [2.24, 2.45) is 5.92 Å². The Hall–Kier alpha value is -1.59. The molecule has 0 aliphatic carbocycles. The van der Waals surface area contributed by atoms with Crippen LogP contribution in [0, 0.1) is 5.92 Å². The second-order valence-corrected chi connectivity index (χ2v) is 4.42. The molecule has 6 nitrogen and oxygen atoms in total.